The molecular weight excluding hydrogens is 477 g/mol. The predicted molar refractivity (Wildman–Crippen MR) is 138 cm³/mol. The normalized spacial score (nSPS) is 14.5. The van der Waals surface area contributed by atoms with E-state index in [0.29, 0.717) is 35.8 Å². The van der Waals surface area contributed by atoms with E-state index in [9.17, 15) is 9.65 Å². The van der Waals surface area contributed by atoms with Crippen LogP contribution in [0.3, 0.4) is 0 Å². The average Bonchev–Trinajstić information content (AvgIpc) is 3.38. The monoisotopic (exact) mass is 501 g/mol. The van der Waals surface area contributed by atoms with Crippen molar-refractivity contribution in [3.63, 3.8) is 0 Å². The van der Waals surface area contributed by atoms with Crippen molar-refractivity contribution in [2.24, 2.45) is 0 Å². The molecule has 1 fully saturated rings. The Morgan fingerprint density at radius 2 is 1.97 bits per heavy atom. The average molecular weight is 502 g/mol. The van der Waals surface area contributed by atoms with Crippen LogP contribution in [0.5, 0.6) is 5.75 Å². The highest BCUT2D eigenvalue weighted by atomic mass is 35.5. The van der Waals surface area contributed by atoms with Crippen molar-refractivity contribution >= 4 is 34.0 Å². The van der Waals surface area contributed by atoms with E-state index in [0.717, 1.165) is 47.9 Å². The molecule has 6 nitrogen and oxygen atoms in total. The van der Waals surface area contributed by atoms with Gasteiger partial charge in [0.1, 0.15) is 23.7 Å². The molecule has 2 aromatic heterocycles. The van der Waals surface area contributed by atoms with Crippen molar-refractivity contribution in [3.05, 3.63) is 82.6 Å². The summed E-state index contributed by atoms with van der Waals surface area (Å²) in [6.07, 6.45) is 7.53. The van der Waals surface area contributed by atoms with Gasteiger partial charge in [-0.3, -0.25) is 4.98 Å². The van der Waals surface area contributed by atoms with Gasteiger partial charge in [0.05, 0.1) is 28.6 Å². The van der Waals surface area contributed by atoms with Crippen LogP contribution in [-0.4, -0.2) is 21.6 Å². The Balaban J connectivity index is 1.58. The van der Waals surface area contributed by atoms with E-state index >= 15 is 0 Å². The third-order valence-electron chi connectivity index (χ3n) is 6.73. The maximum Gasteiger partial charge on any atom is 0.141 e. The van der Waals surface area contributed by atoms with Crippen molar-refractivity contribution in [1.29, 1.82) is 5.26 Å². The van der Waals surface area contributed by atoms with Crippen molar-refractivity contribution < 1.29 is 9.13 Å². The van der Waals surface area contributed by atoms with Gasteiger partial charge in [-0.1, -0.05) is 30.5 Å². The Kier molecular flexibility index (Phi) is 6.71. The van der Waals surface area contributed by atoms with Gasteiger partial charge in [0.2, 0.25) is 0 Å². The number of rotatable bonds is 7. The number of fused-ring (bicyclic) bond motifs is 1. The lowest BCUT2D eigenvalue weighted by Gasteiger charge is -2.24. The molecule has 1 aliphatic rings. The van der Waals surface area contributed by atoms with Gasteiger partial charge >= 0.3 is 0 Å². The number of nitrogens with zero attached hydrogens (tertiary/aromatic N) is 4. The summed E-state index contributed by atoms with van der Waals surface area (Å²) in [7, 11) is 0. The molecule has 4 aromatic rings. The Bertz CT molecular complexity index is 1460. The molecule has 1 N–H and O–H groups in total. The van der Waals surface area contributed by atoms with Crippen LogP contribution >= 0.6 is 11.6 Å². The topological polar surface area (TPSA) is 83.7 Å². The zero-order valence-corrected chi connectivity index (χ0v) is 20.6. The first-order chi connectivity index (χ1) is 17.5. The molecule has 0 unspecified atom stereocenters. The van der Waals surface area contributed by atoms with Crippen molar-refractivity contribution in [2.45, 2.75) is 44.4 Å². The molecule has 182 valence electrons. The van der Waals surface area contributed by atoms with Crippen LogP contribution in [0.2, 0.25) is 5.02 Å². The lowest BCUT2D eigenvalue weighted by molar-refractivity contribution is 0.337. The number of anilines is 2. The second kappa shape index (κ2) is 10.1. The molecule has 0 amide bonds. The van der Waals surface area contributed by atoms with Crippen LogP contribution in [0.1, 0.15) is 49.4 Å². The van der Waals surface area contributed by atoms with E-state index in [1.54, 1.807) is 12.3 Å². The highest BCUT2D eigenvalue weighted by Gasteiger charge is 2.37. The molecule has 8 heteroatoms. The van der Waals surface area contributed by atoms with Crippen molar-refractivity contribution in [1.82, 2.24) is 15.0 Å². The molecule has 36 heavy (non-hydrogen) atoms. The van der Waals surface area contributed by atoms with Crippen LogP contribution in [-0.2, 0) is 11.8 Å². The summed E-state index contributed by atoms with van der Waals surface area (Å²) >= 11 is 5.97. The van der Waals surface area contributed by atoms with E-state index in [2.05, 4.69) is 21.4 Å². The maximum atomic E-state index is 13.6. The first kappa shape index (κ1) is 24.0. The minimum atomic E-state index is -0.496. The minimum absolute atomic E-state index is 0.0266. The van der Waals surface area contributed by atoms with E-state index in [-0.39, 0.29) is 5.02 Å². The van der Waals surface area contributed by atoms with Crippen LogP contribution in [0.25, 0.3) is 10.9 Å². The molecule has 0 aliphatic heterocycles. The number of hydrogen-bond donors (Lipinski definition) is 1. The quantitative estimate of drug-likeness (QED) is 0.297. The van der Waals surface area contributed by atoms with Crippen LogP contribution in [0.15, 0.2) is 55.0 Å². The number of ether oxygens (including phenoxy) is 1. The lowest BCUT2D eigenvalue weighted by atomic mass is 9.78. The van der Waals surface area contributed by atoms with Gasteiger partial charge in [0.25, 0.3) is 0 Å². The Morgan fingerprint density at radius 3 is 2.72 bits per heavy atom. The second-order valence-corrected chi connectivity index (χ2v) is 9.37. The van der Waals surface area contributed by atoms with Gasteiger partial charge in [-0.2, -0.15) is 5.26 Å². The summed E-state index contributed by atoms with van der Waals surface area (Å²) in [5.41, 5.74) is 3.61. The van der Waals surface area contributed by atoms with Gasteiger partial charge < -0.3 is 10.1 Å². The van der Waals surface area contributed by atoms with E-state index in [4.69, 9.17) is 21.3 Å². The van der Waals surface area contributed by atoms with E-state index in [1.165, 1.54) is 18.5 Å². The molecule has 0 saturated heterocycles. The van der Waals surface area contributed by atoms with Crippen LogP contribution in [0, 0.1) is 17.1 Å². The number of nitriles is 1. The zero-order chi connectivity index (χ0) is 25.1. The summed E-state index contributed by atoms with van der Waals surface area (Å²) in [6.45, 7) is 2.44. The predicted octanol–water partition coefficient (Wildman–Crippen LogP) is 6.89. The molecule has 0 spiro atoms. The highest BCUT2D eigenvalue weighted by Crippen LogP contribution is 2.42. The van der Waals surface area contributed by atoms with Gasteiger partial charge in [-0.05, 0) is 55.7 Å². The third kappa shape index (κ3) is 4.57. The number of nitrogens with one attached hydrogen (secondary N) is 1. The fourth-order valence-corrected chi connectivity index (χ4v) is 5.16. The smallest absolute Gasteiger partial charge is 0.141 e. The van der Waals surface area contributed by atoms with Gasteiger partial charge in [0, 0.05) is 41.0 Å². The maximum absolute atomic E-state index is 13.6. The van der Waals surface area contributed by atoms with E-state index < -0.39 is 11.2 Å². The number of halogens is 2. The summed E-state index contributed by atoms with van der Waals surface area (Å²) in [5, 5.41) is 14.1. The first-order valence-electron chi connectivity index (χ1n) is 12.0. The Morgan fingerprint density at radius 1 is 1.14 bits per heavy atom. The molecule has 2 aromatic carbocycles. The lowest BCUT2D eigenvalue weighted by Crippen LogP contribution is -2.22. The second-order valence-electron chi connectivity index (χ2n) is 8.96. The fourth-order valence-electron chi connectivity index (χ4n) is 4.98. The molecular formula is C28H25ClFN5O. The number of aromatic nitrogens is 3. The van der Waals surface area contributed by atoms with Gasteiger partial charge in [-0.15, -0.1) is 0 Å². The molecule has 5 rings (SSSR count). The molecule has 1 aliphatic carbocycles. The third-order valence-corrected chi connectivity index (χ3v) is 7.02. The van der Waals surface area contributed by atoms with Crippen LogP contribution in [0.4, 0.5) is 15.9 Å². The molecule has 2 heterocycles. The molecule has 0 atom stereocenters. The van der Waals surface area contributed by atoms with Gasteiger partial charge in [-0.25, -0.2) is 14.4 Å². The minimum Gasteiger partial charge on any atom is -0.494 e. The van der Waals surface area contributed by atoms with Crippen LogP contribution < -0.4 is 10.1 Å². The molecule has 1 saturated carbocycles. The number of benzene rings is 2. The standard InChI is InChI=1S/C28H25ClFN5O/c1-2-36-26-15-24-20(27(34-17-33-24)35-19-7-8-23(30)22(29)14-19)12-18(26)13-25-21(6-5-11-32-25)28(16-31)9-3-4-10-28/h5-8,11-12,14-15,17H,2-4,9-10,13H2,1H3,(H,33,34,35). The summed E-state index contributed by atoms with van der Waals surface area (Å²) in [4.78, 5) is 13.6. The van der Waals surface area contributed by atoms with Crippen molar-refractivity contribution in [2.75, 3.05) is 11.9 Å². The number of hydrogen-bond acceptors (Lipinski definition) is 6. The zero-order valence-electron chi connectivity index (χ0n) is 19.9. The summed E-state index contributed by atoms with van der Waals surface area (Å²) in [5.74, 6) is 0.799. The SMILES string of the molecule is CCOc1cc2ncnc(Nc3ccc(F)c(Cl)c3)c2cc1Cc1ncccc1C1(C#N)CCCC1. The highest BCUT2D eigenvalue weighted by molar-refractivity contribution is 6.31. The summed E-state index contributed by atoms with van der Waals surface area (Å²) < 4.78 is 19.6. The fraction of sp³-hybridized carbons (Fsp3) is 0.286. The Labute approximate surface area is 214 Å². The molecule has 0 radical (unpaired) electrons. The largest absolute Gasteiger partial charge is 0.494 e. The summed E-state index contributed by atoms with van der Waals surface area (Å²) in [6, 6.07) is 14.9. The first-order valence-corrected chi connectivity index (χ1v) is 12.4. The Hall–Kier alpha value is -3.76. The molecule has 0 bridgehead atoms. The van der Waals surface area contributed by atoms with E-state index in [1.807, 2.05) is 31.2 Å². The number of pyridine rings is 1. The van der Waals surface area contributed by atoms with Crippen molar-refractivity contribution in [3.8, 4) is 11.8 Å². The van der Waals surface area contributed by atoms with Gasteiger partial charge in [0.15, 0.2) is 0 Å².